The van der Waals surface area contributed by atoms with Crippen molar-refractivity contribution in [1.29, 1.82) is 0 Å². The van der Waals surface area contributed by atoms with Crippen LogP contribution in [0.3, 0.4) is 0 Å². The number of aromatic nitrogens is 2. The van der Waals surface area contributed by atoms with Gasteiger partial charge in [0.1, 0.15) is 17.3 Å². The summed E-state index contributed by atoms with van der Waals surface area (Å²) in [6.45, 7) is 2.74. The monoisotopic (exact) mass is 595 g/mol. The second-order valence-electron chi connectivity index (χ2n) is 10.8. The minimum Gasteiger partial charge on any atom is -0.633 e. The van der Waals surface area contributed by atoms with Gasteiger partial charge in [-0.3, -0.25) is 9.69 Å². The molecule has 11 nitrogen and oxygen atoms in total. The Morgan fingerprint density at radius 2 is 1.98 bits per heavy atom. The summed E-state index contributed by atoms with van der Waals surface area (Å²) in [4.78, 5) is 23.7. The van der Waals surface area contributed by atoms with Crippen LogP contribution in [-0.4, -0.2) is 90.1 Å². The smallest absolute Gasteiger partial charge is 0.253 e. The Kier molecular flexibility index (Phi) is 9.44. The maximum atomic E-state index is 12.8. The van der Waals surface area contributed by atoms with E-state index in [1.54, 1.807) is 32.4 Å². The van der Waals surface area contributed by atoms with Crippen LogP contribution in [-0.2, 0) is 12.8 Å². The molecular weight excluding hydrogens is 558 g/mol. The summed E-state index contributed by atoms with van der Waals surface area (Å²) in [5, 5.41) is 31.4. The lowest BCUT2D eigenvalue weighted by molar-refractivity contribution is -0.885. The van der Waals surface area contributed by atoms with Crippen molar-refractivity contribution in [2.75, 3.05) is 64.1 Å². The Morgan fingerprint density at radius 1 is 1.19 bits per heavy atom. The molecular formula is C30H38ClN7O4. The fraction of sp³-hybridized carbons (Fsp3) is 0.433. The van der Waals surface area contributed by atoms with E-state index in [4.69, 9.17) is 16.3 Å². The van der Waals surface area contributed by atoms with Gasteiger partial charge in [0, 0.05) is 26.2 Å². The molecule has 1 fully saturated rings. The first-order valence-electron chi connectivity index (χ1n) is 14.3. The van der Waals surface area contributed by atoms with Gasteiger partial charge >= 0.3 is 0 Å². The molecule has 224 valence electrons. The van der Waals surface area contributed by atoms with Crippen LogP contribution in [0.15, 0.2) is 42.6 Å². The number of rotatable bonds is 9. The number of nitrogens with one attached hydrogen (secondary N) is 3. The van der Waals surface area contributed by atoms with Crippen LogP contribution in [0.4, 0.5) is 23.1 Å². The Labute approximate surface area is 251 Å². The molecule has 3 aromatic rings. The number of hydrogen-bond acceptors (Lipinski definition) is 9. The Bertz CT molecular complexity index is 1410. The van der Waals surface area contributed by atoms with E-state index < -0.39 is 0 Å². The Morgan fingerprint density at radius 3 is 2.71 bits per heavy atom. The summed E-state index contributed by atoms with van der Waals surface area (Å²) in [5.74, 6) is 1.24. The van der Waals surface area contributed by atoms with E-state index in [0.717, 1.165) is 50.2 Å². The quantitative estimate of drug-likeness (QED) is 0.165. The third kappa shape index (κ3) is 6.61. The van der Waals surface area contributed by atoms with E-state index in [1.165, 1.54) is 17.3 Å². The molecule has 1 aliphatic heterocycles. The molecule has 1 atom stereocenters. The number of nitrogens with zero attached hydrogens (tertiary/aromatic N) is 4. The number of fused-ring (bicyclic) bond motifs is 1. The lowest BCUT2D eigenvalue weighted by atomic mass is 9.98. The first kappa shape index (κ1) is 30.0. The molecule has 4 N–H and O–H groups in total. The largest absolute Gasteiger partial charge is 0.633 e. The fourth-order valence-corrected chi connectivity index (χ4v) is 6.09. The van der Waals surface area contributed by atoms with Crippen LogP contribution < -0.4 is 20.7 Å². The topological polar surface area (TPSA) is 135 Å². The van der Waals surface area contributed by atoms with E-state index in [2.05, 4.69) is 36.9 Å². The molecule has 0 spiro atoms. The number of methoxy groups -OCH3 is 1. The van der Waals surface area contributed by atoms with Gasteiger partial charge in [0.05, 0.1) is 49.9 Å². The first-order valence-corrected chi connectivity index (χ1v) is 14.7. The van der Waals surface area contributed by atoms with Crippen molar-refractivity contribution in [2.45, 2.75) is 31.7 Å². The van der Waals surface area contributed by atoms with Gasteiger partial charge in [-0.2, -0.15) is 4.98 Å². The minimum absolute atomic E-state index is 0.0685. The van der Waals surface area contributed by atoms with E-state index >= 15 is 0 Å². The zero-order valence-electron chi connectivity index (χ0n) is 24.0. The van der Waals surface area contributed by atoms with Gasteiger partial charge in [-0.15, -0.1) is 0 Å². The van der Waals surface area contributed by atoms with E-state index in [0.29, 0.717) is 47.2 Å². The molecule has 1 unspecified atom stereocenters. The van der Waals surface area contributed by atoms with Crippen LogP contribution >= 0.6 is 11.6 Å². The van der Waals surface area contributed by atoms with Gasteiger partial charge in [0.15, 0.2) is 5.82 Å². The second-order valence-corrected chi connectivity index (χ2v) is 11.2. The normalized spacial score (nSPS) is 18.5. The average molecular weight is 596 g/mol. The van der Waals surface area contributed by atoms with Gasteiger partial charge in [0.25, 0.3) is 5.91 Å². The number of carbonyl (C=O) groups is 1. The predicted molar refractivity (Wildman–Crippen MR) is 164 cm³/mol. The number of anilines is 4. The number of ether oxygens (including phenoxy) is 1. The highest BCUT2D eigenvalue weighted by Crippen LogP contribution is 2.38. The molecule has 0 bridgehead atoms. The van der Waals surface area contributed by atoms with Gasteiger partial charge in [0.2, 0.25) is 5.95 Å². The van der Waals surface area contributed by atoms with Crippen molar-refractivity contribution < 1.29 is 19.3 Å². The zero-order valence-corrected chi connectivity index (χ0v) is 24.8. The summed E-state index contributed by atoms with van der Waals surface area (Å²) in [5.41, 5.74) is 4.21. The molecule has 0 saturated carbocycles. The number of benzene rings is 2. The van der Waals surface area contributed by atoms with Crippen molar-refractivity contribution in [3.63, 3.8) is 0 Å². The van der Waals surface area contributed by atoms with Crippen LogP contribution in [0.1, 0.15) is 34.3 Å². The summed E-state index contributed by atoms with van der Waals surface area (Å²) in [7, 11) is 3.25. The number of hydrogen-bond donors (Lipinski definition) is 4. The van der Waals surface area contributed by atoms with Crippen LogP contribution in [0.5, 0.6) is 5.75 Å². The number of carbonyl (C=O) groups excluding carboxylic acids is 1. The number of aliphatic hydroxyl groups is 1. The Hall–Kier alpha value is -3.48. The molecule has 12 heteroatoms. The molecule has 2 aromatic carbocycles. The predicted octanol–water partition coefficient (Wildman–Crippen LogP) is 3.86. The number of aliphatic hydroxyl groups excluding tert-OH is 1. The van der Waals surface area contributed by atoms with Crippen molar-refractivity contribution in [2.24, 2.45) is 0 Å². The molecule has 5 rings (SSSR count). The minimum atomic E-state index is -0.302. The van der Waals surface area contributed by atoms with Gasteiger partial charge in [-0.05, 0) is 55.0 Å². The van der Waals surface area contributed by atoms with E-state index in [9.17, 15) is 15.1 Å². The highest BCUT2D eigenvalue weighted by atomic mass is 35.5. The number of hydroxylamine groups is 3. The van der Waals surface area contributed by atoms with Crippen LogP contribution in [0.2, 0.25) is 5.02 Å². The SMILES string of the molecule is CNC(=O)c1ccccc1Nc1nc(Nc2ccc3c(c2OC)CCCC(N2CC[N+]([O-])(CCO)CC2)C3)ncc1Cl. The van der Waals surface area contributed by atoms with E-state index in [1.807, 2.05) is 12.1 Å². The number of halogens is 1. The molecule has 1 aromatic heterocycles. The summed E-state index contributed by atoms with van der Waals surface area (Å²) < 4.78 is 5.62. The Balaban J connectivity index is 1.34. The highest BCUT2D eigenvalue weighted by Gasteiger charge is 2.31. The summed E-state index contributed by atoms with van der Waals surface area (Å²) in [6.07, 6.45) is 5.34. The standard InChI is InChI=1S/C30H38ClN7O4/c1-32-29(40)23-7-3-4-9-25(23)34-28-24(31)19-33-30(36-28)35-26-11-10-20-18-21(6-5-8-22(20)27(26)42-2)37-12-14-38(41,15-13-37)16-17-39/h3-4,7,9-11,19,21,39H,5-6,8,12-18H2,1-2H3,(H,32,40)(H2,33,34,35,36). The second kappa shape index (κ2) is 13.2. The zero-order chi connectivity index (χ0) is 29.7. The maximum absolute atomic E-state index is 12.8. The summed E-state index contributed by atoms with van der Waals surface area (Å²) >= 11 is 6.42. The summed E-state index contributed by atoms with van der Waals surface area (Å²) in [6, 6.07) is 11.6. The van der Waals surface area contributed by atoms with Gasteiger partial charge < -0.3 is 35.6 Å². The lowest BCUT2D eigenvalue weighted by Gasteiger charge is -2.49. The highest BCUT2D eigenvalue weighted by molar-refractivity contribution is 6.33. The fourth-order valence-electron chi connectivity index (χ4n) is 5.95. The first-order chi connectivity index (χ1) is 20.3. The maximum Gasteiger partial charge on any atom is 0.253 e. The van der Waals surface area contributed by atoms with Gasteiger partial charge in [-0.25, -0.2) is 4.98 Å². The third-order valence-electron chi connectivity index (χ3n) is 8.24. The van der Waals surface area contributed by atoms with Crippen molar-refractivity contribution in [3.8, 4) is 5.75 Å². The number of quaternary nitrogens is 1. The molecule has 1 saturated heterocycles. The molecule has 42 heavy (non-hydrogen) atoms. The average Bonchev–Trinajstić information content (AvgIpc) is 3.22. The van der Waals surface area contributed by atoms with Crippen LogP contribution in [0, 0.1) is 5.21 Å². The van der Waals surface area contributed by atoms with Crippen molar-refractivity contribution in [1.82, 2.24) is 20.2 Å². The van der Waals surface area contributed by atoms with Crippen LogP contribution in [0.25, 0.3) is 0 Å². The molecule has 2 aliphatic rings. The number of para-hydroxylation sites is 1. The third-order valence-corrected chi connectivity index (χ3v) is 8.51. The molecule has 1 amide bonds. The molecule has 2 heterocycles. The van der Waals surface area contributed by atoms with E-state index in [-0.39, 0.29) is 23.7 Å². The van der Waals surface area contributed by atoms with Gasteiger partial charge in [-0.1, -0.05) is 29.8 Å². The van der Waals surface area contributed by atoms with Crippen molar-refractivity contribution >= 4 is 40.6 Å². The number of piperazine rings is 1. The molecule has 0 radical (unpaired) electrons. The lowest BCUT2D eigenvalue weighted by Crippen LogP contribution is -2.59. The number of amides is 1. The van der Waals surface area contributed by atoms with Crippen molar-refractivity contribution in [3.05, 3.63) is 69.5 Å². The molecule has 1 aliphatic carbocycles.